The van der Waals surface area contributed by atoms with Gasteiger partial charge in [0.05, 0.1) is 5.52 Å². The van der Waals surface area contributed by atoms with E-state index in [0.717, 1.165) is 16.7 Å². The predicted molar refractivity (Wildman–Crippen MR) is 76.8 cm³/mol. The van der Waals surface area contributed by atoms with Crippen molar-refractivity contribution in [1.29, 1.82) is 0 Å². The Labute approximate surface area is 115 Å². The van der Waals surface area contributed by atoms with E-state index in [0.29, 0.717) is 16.7 Å². The molecule has 20 heavy (non-hydrogen) atoms. The zero-order chi connectivity index (χ0) is 14.3. The molecule has 4 nitrogen and oxygen atoms in total. The molecule has 1 atom stereocenters. The molecular weight excluding hydrogens is 254 g/mol. The summed E-state index contributed by atoms with van der Waals surface area (Å²) in [6, 6.07) is 11.2. The molecule has 1 aromatic heterocycles. The van der Waals surface area contributed by atoms with Gasteiger partial charge in [-0.15, -0.1) is 0 Å². The van der Waals surface area contributed by atoms with Gasteiger partial charge in [-0.3, -0.25) is 4.98 Å². The van der Waals surface area contributed by atoms with Gasteiger partial charge in [-0.05, 0) is 42.7 Å². The summed E-state index contributed by atoms with van der Waals surface area (Å²) in [6.07, 6.45) is -0.736. The molecule has 0 aliphatic heterocycles. The number of oxazole rings is 1. The molecule has 3 aromatic rings. The molecule has 4 heteroatoms. The lowest BCUT2D eigenvalue weighted by Crippen LogP contribution is -2.02. The van der Waals surface area contributed by atoms with Crippen LogP contribution in [-0.2, 0) is 0 Å². The Morgan fingerprint density at radius 3 is 2.70 bits per heavy atom. The van der Waals surface area contributed by atoms with Gasteiger partial charge in [-0.2, -0.15) is 0 Å². The average molecular weight is 269 g/mol. The number of aromatic nitrogens is 1. The van der Waals surface area contributed by atoms with Crippen LogP contribution in [0.5, 0.6) is 0 Å². The molecule has 1 heterocycles. The smallest absolute Gasteiger partial charge is 0.408 e. The Kier molecular flexibility index (Phi) is 2.95. The van der Waals surface area contributed by atoms with Crippen LogP contribution in [0.1, 0.15) is 28.4 Å². The van der Waals surface area contributed by atoms with E-state index in [1.165, 1.54) is 0 Å². The van der Waals surface area contributed by atoms with Crippen molar-refractivity contribution in [2.45, 2.75) is 20.0 Å². The van der Waals surface area contributed by atoms with Crippen molar-refractivity contribution in [2.75, 3.05) is 0 Å². The third-order valence-electron chi connectivity index (χ3n) is 3.48. The Balaban J connectivity index is 2.06. The number of nitrogens with one attached hydrogen (secondary N) is 1. The van der Waals surface area contributed by atoms with Crippen molar-refractivity contribution in [1.82, 2.24) is 4.98 Å². The van der Waals surface area contributed by atoms with Crippen molar-refractivity contribution in [3.63, 3.8) is 0 Å². The summed E-state index contributed by atoms with van der Waals surface area (Å²) >= 11 is 0. The fraction of sp³-hybridized carbons (Fsp3) is 0.188. The van der Waals surface area contributed by atoms with Gasteiger partial charge in [0.25, 0.3) is 0 Å². The maximum absolute atomic E-state index is 11.1. The van der Waals surface area contributed by atoms with Gasteiger partial charge in [0.15, 0.2) is 5.58 Å². The first-order valence-corrected chi connectivity index (χ1v) is 6.42. The summed E-state index contributed by atoms with van der Waals surface area (Å²) in [5.74, 6) is -0.488. The Morgan fingerprint density at radius 1 is 1.15 bits per heavy atom. The van der Waals surface area contributed by atoms with Crippen LogP contribution in [0.25, 0.3) is 11.1 Å². The lowest BCUT2D eigenvalue weighted by molar-refractivity contribution is 0.219. The number of hydrogen-bond acceptors (Lipinski definition) is 3. The third kappa shape index (κ3) is 2.14. The molecular formula is C16H15NO3. The number of aryl methyl sites for hydroxylation is 2. The van der Waals surface area contributed by atoms with Crippen LogP contribution in [0.4, 0.5) is 0 Å². The molecule has 1 unspecified atom stereocenters. The summed E-state index contributed by atoms with van der Waals surface area (Å²) in [6.45, 7) is 3.99. The second-order valence-corrected chi connectivity index (χ2v) is 5.03. The fourth-order valence-corrected chi connectivity index (χ4v) is 2.44. The van der Waals surface area contributed by atoms with E-state index in [9.17, 15) is 9.90 Å². The quantitative estimate of drug-likeness (QED) is 0.751. The molecule has 0 saturated heterocycles. The van der Waals surface area contributed by atoms with Crippen molar-refractivity contribution >= 4 is 11.1 Å². The largest absolute Gasteiger partial charge is 0.417 e. The van der Waals surface area contributed by atoms with E-state index in [-0.39, 0.29) is 0 Å². The summed E-state index contributed by atoms with van der Waals surface area (Å²) in [5.41, 5.74) is 4.83. The van der Waals surface area contributed by atoms with Crippen molar-refractivity contribution < 1.29 is 9.52 Å². The van der Waals surface area contributed by atoms with E-state index in [4.69, 9.17) is 4.42 Å². The summed E-state index contributed by atoms with van der Waals surface area (Å²) < 4.78 is 5.02. The van der Waals surface area contributed by atoms with Crippen LogP contribution in [0.15, 0.2) is 45.6 Å². The lowest BCUT2D eigenvalue weighted by Gasteiger charge is -2.14. The molecule has 0 fully saturated rings. The van der Waals surface area contributed by atoms with Gasteiger partial charge < -0.3 is 9.52 Å². The Morgan fingerprint density at radius 2 is 1.95 bits per heavy atom. The molecule has 0 amide bonds. The van der Waals surface area contributed by atoms with Crippen LogP contribution >= 0.6 is 0 Å². The first-order valence-electron chi connectivity index (χ1n) is 6.42. The Bertz CT molecular complexity index is 829. The topological polar surface area (TPSA) is 66.2 Å². The van der Waals surface area contributed by atoms with Crippen molar-refractivity contribution in [2.24, 2.45) is 0 Å². The molecule has 102 valence electrons. The monoisotopic (exact) mass is 269 g/mol. The average Bonchev–Trinajstić information content (AvgIpc) is 2.77. The molecule has 0 spiro atoms. The molecule has 2 N–H and O–H groups in total. The van der Waals surface area contributed by atoms with Crippen LogP contribution in [-0.4, -0.2) is 10.1 Å². The molecule has 0 saturated carbocycles. The summed E-state index contributed by atoms with van der Waals surface area (Å²) in [7, 11) is 0. The van der Waals surface area contributed by atoms with Crippen LogP contribution in [0.2, 0.25) is 0 Å². The summed E-state index contributed by atoms with van der Waals surface area (Å²) in [5, 5.41) is 10.5. The van der Waals surface area contributed by atoms with Crippen molar-refractivity contribution in [3.05, 3.63) is 69.2 Å². The number of H-pyrrole nitrogens is 1. The number of hydrogen-bond donors (Lipinski definition) is 2. The minimum absolute atomic E-state index is 0.455. The normalized spacial score (nSPS) is 12.8. The molecule has 0 bridgehead atoms. The number of benzene rings is 2. The van der Waals surface area contributed by atoms with Crippen molar-refractivity contribution in [3.8, 4) is 0 Å². The standard InChI is InChI=1S/C16H15NO3/c1-9-3-5-12(10(2)7-9)15(18)11-4-6-13-14(8-11)20-16(19)17-13/h3-8,15,18H,1-2H3,(H,17,19). The van der Waals surface area contributed by atoms with Gasteiger partial charge in [-0.25, -0.2) is 4.79 Å². The van der Waals surface area contributed by atoms with Gasteiger partial charge >= 0.3 is 5.76 Å². The van der Waals surface area contributed by atoms with Gasteiger partial charge in [0, 0.05) is 0 Å². The van der Waals surface area contributed by atoms with E-state index >= 15 is 0 Å². The lowest BCUT2D eigenvalue weighted by atomic mass is 9.96. The highest BCUT2D eigenvalue weighted by Crippen LogP contribution is 2.27. The third-order valence-corrected chi connectivity index (χ3v) is 3.48. The molecule has 0 aliphatic rings. The molecule has 0 radical (unpaired) electrons. The number of aliphatic hydroxyl groups excluding tert-OH is 1. The number of rotatable bonds is 2. The minimum atomic E-state index is -0.736. The minimum Gasteiger partial charge on any atom is -0.408 e. The zero-order valence-electron chi connectivity index (χ0n) is 11.3. The zero-order valence-corrected chi connectivity index (χ0v) is 11.3. The van der Waals surface area contributed by atoms with Gasteiger partial charge in [0.2, 0.25) is 0 Å². The van der Waals surface area contributed by atoms with E-state index in [1.54, 1.807) is 18.2 Å². The SMILES string of the molecule is Cc1ccc(C(O)c2ccc3[nH]c(=O)oc3c2)c(C)c1. The van der Waals surface area contributed by atoms with Gasteiger partial charge in [0.1, 0.15) is 6.10 Å². The Hall–Kier alpha value is -2.33. The van der Waals surface area contributed by atoms with Crippen LogP contribution in [0, 0.1) is 13.8 Å². The number of aromatic amines is 1. The molecule has 2 aromatic carbocycles. The maximum Gasteiger partial charge on any atom is 0.417 e. The molecule has 0 aliphatic carbocycles. The summed E-state index contributed by atoms with van der Waals surface area (Å²) in [4.78, 5) is 13.7. The number of aliphatic hydroxyl groups is 1. The van der Waals surface area contributed by atoms with Crippen LogP contribution < -0.4 is 5.76 Å². The van der Waals surface area contributed by atoms with E-state index in [2.05, 4.69) is 4.98 Å². The second-order valence-electron chi connectivity index (χ2n) is 5.03. The van der Waals surface area contributed by atoms with E-state index < -0.39 is 11.9 Å². The molecule has 3 rings (SSSR count). The predicted octanol–water partition coefficient (Wildman–Crippen LogP) is 2.82. The van der Waals surface area contributed by atoms with Gasteiger partial charge in [-0.1, -0.05) is 29.8 Å². The fourth-order valence-electron chi connectivity index (χ4n) is 2.44. The first kappa shape index (κ1) is 12.7. The van der Waals surface area contributed by atoms with E-state index in [1.807, 2.05) is 32.0 Å². The highest BCUT2D eigenvalue weighted by Gasteiger charge is 2.14. The van der Waals surface area contributed by atoms with Crippen LogP contribution in [0.3, 0.4) is 0 Å². The first-order chi connectivity index (χ1) is 9.54. The highest BCUT2D eigenvalue weighted by atomic mass is 16.4. The second kappa shape index (κ2) is 4.65. The highest BCUT2D eigenvalue weighted by molar-refractivity contribution is 5.73. The number of fused-ring (bicyclic) bond motifs is 1. The maximum atomic E-state index is 11.1.